The molecule has 0 fully saturated rings. The highest BCUT2D eigenvalue weighted by molar-refractivity contribution is 4.71. The zero-order valence-electron chi connectivity index (χ0n) is 9.69. The van der Waals surface area contributed by atoms with Crippen molar-refractivity contribution in [1.29, 1.82) is 0 Å². The monoisotopic (exact) mass is 172 g/mol. The Hall–Kier alpha value is -0.0400. The van der Waals surface area contributed by atoms with Crippen molar-refractivity contribution in [2.45, 2.75) is 54.1 Å². The van der Waals surface area contributed by atoms with Crippen LogP contribution in [0, 0.1) is 11.3 Å². The van der Waals surface area contributed by atoms with E-state index in [1.54, 1.807) is 0 Å². The van der Waals surface area contributed by atoms with Crippen LogP contribution in [-0.4, -0.2) is 12.2 Å². The predicted molar refractivity (Wildman–Crippen MR) is 54.3 cm³/mol. The smallest absolute Gasteiger partial charge is 0.0598 e. The molecule has 0 aromatic heterocycles. The van der Waals surface area contributed by atoms with Crippen LogP contribution in [0.3, 0.4) is 0 Å². The van der Waals surface area contributed by atoms with Gasteiger partial charge >= 0.3 is 0 Å². The fourth-order valence-electron chi connectivity index (χ4n) is 0.625. The minimum Gasteiger partial charge on any atom is -0.376 e. The largest absolute Gasteiger partial charge is 0.376 e. The second-order valence-corrected chi connectivity index (χ2v) is 5.69. The molecule has 1 atom stereocenters. The van der Waals surface area contributed by atoms with Crippen molar-refractivity contribution >= 4 is 0 Å². The lowest BCUT2D eigenvalue weighted by molar-refractivity contribution is -0.0371. The lowest BCUT2D eigenvalue weighted by Gasteiger charge is -2.30. The molecule has 0 aliphatic rings. The van der Waals surface area contributed by atoms with Gasteiger partial charge < -0.3 is 4.74 Å². The summed E-state index contributed by atoms with van der Waals surface area (Å²) in [5, 5.41) is 0. The molecule has 0 aliphatic heterocycles. The van der Waals surface area contributed by atoms with Crippen LogP contribution < -0.4 is 0 Å². The zero-order valence-corrected chi connectivity index (χ0v) is 9.69. The Kier molecular flexibility index (Phi) is 3.77. The Labute approximate surface area is 77.5 Å². The molecule has 0 saturated carbocycles. The molecule has 0 heterocycles. The van der Waals surface area contributed by atoms with E-state index in [2.05, 4.69) is 48.5 Å². The molecule has 0 aromatic rings. The van der Waals surface area contributed by atoms with E-state index in [1.807, 2.05) is 0 Å². The lowest BCUT2D eigenvalue weighted by atomic mass is 9.83. The molecule has 0 spiro atoms. The Bertz CT molecular complexity index is 125. The third-order valence-corrected chi connectivity index (χ3v) is 2.24. The van der Waals surface area contributed by atoms with E-state index >= 15 is 0 Å². The van der Waals surface area contributed by atoms with Gasteiger partial charge in [-0.3, -0.25) is 0 Å². The van der Waals surface area contributed by atoms with Crippen molar-refractivity contribution in [2.75, 3.05) is 6.61 Å². The maximum Gasteiger partial charge on any atom is 0.0598 e. The summed E-state index contributed by atoms with van der Waals surface area (Å²) >= 11 is 0. The van der Waals surface area contributed by atoms with Gasteiger partial charge in [0, 0.05) is 0 Å². The first kappa shape index (κ1) is 12.0. The first-order valence-electron chi connectivity index (χ1n) is 4.77. The van der Waals surface area contributed by atoms with E-state index in [-0.39, 0.29) is 5.60 Å². The Morgan fingerprint density at radius 3 is 1.67 bits per heavy atom. The van der Waals surface area contributed by atoms with Crippen LogP contribution in [0.4, 0.5) is 0 Å². The zero-order chi connectivity index (χ0) is 9.99. The van der Waals surface area contributed by atoms with E-state index in [0.717, 1.165) is 6.61 Å². The third-order valence-electron chi connectivity index (χ3n) is 2.24. The number of ether oxygens (including phenoxy) is 1. The van der Waals surface area contributed by atoms with Crippen LogP contribution >= 0.6 is 0 Å². The maximum atomic E-state index is 5.72. The summed E-state index contributed by atoms with van der Waals surface area (Å²) in [5.41, 5.74) is 0.352. The SMILES string of the molecule is C[C@@H](COC(C)(C)C)C(C)(C)C. The minimum atomic E-state index is -0.000486. The molecule has 0 saturated heterocycles. The topological polar surface area (TPSA) is 9.23 Å². The number of hydrogen-bond acceptors (Lipinski definition) is 1. The van der Waals surface area contributed by atoms with Gasteiger partial charge in [-0.15, -0.1) is 0 Å². The molecule has 0 bridgehead atoms. The molecular formula is C11H24O. The summed E-state index contributed by atoms with van der Waals surface area (Å²) < 4.78 is 5.72. The van der Waals surface area contributed by atoms with Crippen LogP contribution in [0.15, 0.2) is 0 Å². The van der Waals surface area contributed by atoms with Gasteiger partial charge in [0.05, 0.1) is 12.2 Å². The van der Waals surface area contributed by atoms with E-state index in [1.165, 1.54) is 0 Å². The van der Waals surface area contributed by atoms with Gasteiger partial charge in [0.15, 0.2) is 0 Å². The summed E-state index contributed by atoms with van der Waals surface area (Å²) in [6.07, 6.45) is 0. The van der Waals surface area contributed by atoms with Crippen molar-refractivity contribution in [3.63, 3.8) is 0 Å². The minimum absolute atomic E-state index is 0.000486. The molecule has 0 aliphatic carbocycles. The van der Waals surface area contributed by atoms with Crippen LogP contribution in [-0.2, 0) is 4.74 Å². The summed E-state index contributed by atoms with van der Waals surface area (Å²) in [6.45, 7) is 16.2. The summed E-state index contributed by atoms with van der Waals surface area (Å²) in [4.78, 5) is 0. The van der Waals surface area contributed by atoms with Crippen molar-refractivity contribution < 1.29 is 4.74 Å². The normalized spacial score (nSPS) is 16.2. The second-order valence-electron chi connectivity index (χ2n) is 5.69. The highest BCUT2D eigenvalue weighted by atomic mass is 16.5. The Morgan fingerprint density at radius 2 is 1.42 bits per heavy atom. The highest BCUT2D eigenvalue weighted by Crippen LogP contribution is 2.26. The van der Waals surface area contributed by atoms with Crippen LogP contribution in [0.2, 0.25) is 0 Å². The molecule has 0 unspecified atom stereocenters. The third kappa shape index (κ3) is 5.59. The maximum absolute atomic E-state index is 5.72. The van der Waals surface area contributed by atoms with Crippen molar-refractivity contribution in [3.05, 3.63) is 0 Å². The molecular weight excluding hydrogens is 148 g/mol. The summed E-state index contributed by atoms with van der Waals surface area (Å²) in [6, 6.07) is 0. The highest BCUT2D eigenvalue weighted by Gasteiger charge is 2.22. The average Bonchev–Trinajstić information content (AvgIpc) is 1.78. The number of rotatable bonds is 2. The van der Waals surface area contributed by atoms with Gasteiger partial charge in [-0.05, 0) is 32.1 Å². The van der Waals surface area contributed by atoms with E-state index in [0.29, 0.717) is 11.3 Å². The molecule has 0 aromatic carbocycles. The molecule has 0 rings (SSSR count). The predicted octanol–water partition coefficient (Wildman–Crippen LogP) is 3.48. The summed E-state index contributed by atoms with van der Waals surface area (Å²) in [7, 11) is 0. The Balaban J connectivity index is 3.80. The summed E-state index contributed by atoms with van der Waals surface area (Å²) in [5.74, 6) is 0.608. The second kappa shape index (κ2) is 3.78. The molecule has 12 heavy (non-hydrogen) atoms. The van der Waals surface area contributed by atoms with Crippen molar-refractivity contribution in [3.8, 4) is 0 Å². The van der Waals surface area contributed by atoms with Crippen molar-refractivity contribution in [2.24, 2.45) is 11.3 Å². The quantitative estimate of drug-likeness (QED) is 0.619. The molecule has 0 radical (unpaired) electrons. The number of hydrogen-bond donors (Lipinski definition) is 0. The van der Waals surface area contributed by atoms with Gasteiger partial charge in [-0.25, -0.2) is 0 Å². The average molecular weight is 172 g/mol. The molecule has 1 nitrogen and oxygen atoms in total. The van der Waals surface area contributed by atoms with E-state index < -0.39 is 0 Å². The van der Waals surface area contributed by atoms with Gasteiger partial charge in [0.25, 0.3) is 0 Å². The molecule has 0 amide bonds. The van der Waals surface area contributed by atoms with Crippen molar-refractivity contribution in [1.82, 2.24) is 0 Å². The van der Waals surface area contributed by atoms with E-state index in [9.17, 15) is 0 Å². The van der Waals surface area contributed by atoms with Gasteiger partial charge in [0.2, 0.25) is 0 Å². The lowest BCUT2D eigenvalue weighted by Crippen LogP contribution is -2.28. The Morgan fingerprint density at radius 1 is 1.00 bits per heavy atom. The van der Waals surface area contributed by atoms with Gasteiger partial charge in [0.1, 0.15) is 0 Å². The van der Waals surface area contributed by atoms with Crippen LogP contribution in [0.25, 0.3) is 0 Å². The molecule has 0 N–H and O–H groups in total. The molecule has 1 heteroatoms. The standard InChI is InChI=1S/C11H24O/c1-9(10(2,3)4)8-12-11(5,6)7/h9H,8H2,1-7H3/t9-/m0/s1. The molecule has 74 valence electrons. The van der Waals surface area contributed by atoms with E-state index in [4.69, 9.17) is 4.74 Å². The first-order valence-corrected chi connectivity index (χ1v) is 4.77. The fraction of sp³-hybridized carbons (Fsp3) is 1.00. The van der Waals surface area contributed by atoms with Gasteiger partial charge in [-0.2, -0.15) is 0 Å². The van der Waals surface area contributed by atoms with Crippen LogP contribution in [0.1, 0.15) is 48.5 Å². The van der Waals surface area contributed by atoms with Gasteiger partial charge in [-0.1, -0.05) is 27.7 Å². The fourth-order valence-corrected chi connectivity index (χ4v) is 0.625. The van der Waals surface area contributed by atoms with Crippen LogP contribution in [0.5, 0.6) is 0 Å². The first-order chi connectivity index (χ1) is 5.13.